The lowest BCUT2D eigenvalue weighted by Crippen LogP contribution is -2.38. The molecule has 4 heteroatoms. The first kappa shape index (κ1) is 13.8. The van der Waals surface area contributed by atoms with Gasteiger partial charge < -0.3 is 5.32 Å². The van der Waals surface area contributed by atoms with E-state index < -0.39 is 0 Å². The van der Waals surface area contributed by atoms with Gasteiger partial charge in [0.1, 0.15) is 5.82 Å². The normalized spacial score (nSPS) is 19.6. The Kier molecular flexibility index (Phi) is 5.47. The van der Waals surface area contributed by atoms with Crippen molar-refractivity contribution >= 4 is 11.8 Å². The summed E-state index contributed by atoms with van der Waals surface area (Å²) >= 11 is 1.80. The topological polar surface area (TPSA) is 15.3 Å². The summed E-state index contributed by atoms with van der Waals surface area (Å²) in [6, 6.07) is 7.46. The molecule has 1 unspecified atom stereocenters. The molecule has 2 rings (SSSR count). The third kappa shape index (κ3) is 3.97. The zero-order valence-electron chi connectivity index (χ0n) is 10.9. The van der Waals surface area contributed by atoms with E-state index in [0.29, 0.717) is 6.04 Å². The monoisotopic (exact) mass is 268 g/mol. The van der Waals surface area contributed by atoms with E-state index in [-0.39, 0.29) is 5.82 Å². The molecule has 1 aliphatic heterocycles. The summed E-state index contributed by atoms with van der Waals surface area (Å²) in [5, 5.41) is 3.41. The van der Waals surface area contributed by atoms with Crippen molar-refractivity contribution < 1.29 is 4.39 Å². The highest BCUT2D eigenvalue weighted by molar-refractivity contribution is 7.99. The van der Waals surface area contributed by atoms with Gasteiger partial charge in [-0.3, -0.25) is 4.90 Å². The average Bonchev–Trinajstić information content (AvgIpc) is 2.91. The molecule has 0 bridgehead atoms. The fraction of sp³-hybridized carbons (Fsp3) is 0.571. The standard InChI is InChI=1S/C14H21FN2S/c1-2-17(13-7-8-16-11-13)9-10-18-14-5-3-12(15)4-6-14/h3-6,13,16H,2,7-11H2,1H3. The van der Waals surface area contributed by atoms with Crippen molar-refractivity contribution in [1.82, 2.24) is 10.2 Å². The number of benzene rings is 1. The minimum atomic E-state index is -0.161. The number of thioether (sulfide) groups is 1. The Balaban J connectivity index is 1.74. The van der Waals surface area contributed by atoms with Crippen LogP contribution in [0.4, 0.5) is 4.39 Å². The SMILES string of the molecule is CCN(CCSc1ccc(F)cc1)C1CCNC1. The summed E-state index contributed by atoms with van der Waals surface area (Å²) in [7, 11) is 0. The molecule has 100 valence electrons. The quantitative estimate of drug-likeness (QED) is 0.798. The first-order valence-corrected chi connectivity index (χ1v) is 7.61. The second-order valence-electron chi connectivity index (χ2n) is 4.58. The van der Waals surface area contributed by atoms with Crippen molar-refractivity contribution in [3.05, 3.63) is 30.1 Å². The number of hydrogen-bond donors (Lipinski definition) is 1. The maximum atomic E-state index is 12.8. The minimum absolute atomic E-state index is 0.161. The van der Waals surface area contributed by atoms with Gasteiger partial charge in [0, 0.05) is 29.8 Å². The van der Waals surface area contributed by atoms with Crippen LogP contribution in [0.5, 0.6) is 0 Å². The molecule has 1 N–H and O–H groups in total. The highest BCUT2D eigenvalue weighted by Crippen LogP contribution is 2.19. The molecule has 0 saturated carbocycles. The van der Waals surface area contributed by atoms with Gasteiger partial charge in [0.2, 0.25) is 0 Å². The maximum absolute atomic E-state index is 12.8. The van der Waals surface area contributed by atoms with E-state index >= 15 is 0 Å². The summed E-state index contributed by atoms with van der Waals surface area (Å²) in [6.45, 7) is 6.70. The highest BCUT2D eigenvalue weighted by atomic mass is 32.2. The second kappa shape index (κ2) is 7.12. The summed E-state index contributed by atoms with van der Waals surface area (Å²) < 4.78 is 12.8. The zero-order chi connectivity index (χ0) is 12.8. The second-order valence-corrected chi connectivity index (χ2v) is 5.75. The average molecular weight is 268 g/mol. The molecule has 0 radical (unpaired) electrons. The molecular weight excluding hydrogens is 247 g/mol. The lowest BCUT2D eigenvalue weighted by Gasteiger charge is -2.26. The van der Waals surface area contributed by atoms with Crippen LogP contribution in [0.15, 0.2) is 29.2 Å². The van der Waals surface area contributed by atoms with Gasteiger partial charge in [0.25, 0.3) is 0 Å². The first-order chi connectivity index (χ1) is 8.79. The van der Waals surface area contributed by atoms with Crippen molar-refractivity contribution in [2.75, 3.05) is 31.9 Å². The number of likely N-dealkylation sites (N-methyl/N-ethyl adjacent to an activating group) is 1. The van der Waals surface area contributed by atoms with Crippen LogP contribution in [-0.4, -0.2) is 42.9 Å². The molecule has 2 nitrogen and oxygen atoms in total. The molecule has 1 aromatic rings. The van der Waals surface area contributed by atoms with E-state index in [1.54, 1.807) is 11.8 Å². The van der Waals surface area contributed by atoms with E-state index in [9.17, 15) is 4.39 Å². The third-order valence-electron chi connectivity index (χ3n) is 3.42. The molecular formula is C14H21FN2S. The lowest BCUT2D eigenvalue weighted by atomic mass is 10.2. The van der Waals surface area contributed by atoms with Gasteiger partial charge in [-0.15, -0.1) is 11.8 Å². The van der Waals surface area contributed by atoms with Crippen molar-refractivity contribution in [2.45, 2.75) is 24.3 Å². The van der Waals surface area contributed by atoms with E-state index in [1.165, 1.54) is 18.6 Å². The number of rotatable bonds is 6. The van der Waals surface area contributed by atoms with Crippen LogP contribution in [0.25, 0.3) is 0 Å². The molecule has 0 amide bonds. The smallest absolute Gasteiger partial charge is 0.123 e. The largest absolute Gasteiger partial charge is 0.315 e. The minimum Gasteiger partial charge on any atom is -0.315 e. The molecule has 0 aromatic heterocycles. The van der Waals surface area contributed by atoms with Crippen LogP contribution in [-0.2, 0) is 0 Å². The van der Waals surface area contributed by atoms with Crippen molar-refractivity contribution in [3.63, 3.8) is 0 Å². The van der Waals surface area contributed by atoms with Crippen LogP contribution in [0.1, 0.15) is 13.3 Å². The van der Waals surface area contributed by atoms with Crippen LogP contribution >= 0.6 is 11.8 Å². The molecule has 1 aromatic carbocycles. The number of halogens is 1. The predicted molar refractivity (Wildman–Crippen MR) is 75.6 cm³/mol. The van der Waals surface area contributed by atoms with Gasteiger partial charge in [0.15, 0.2) is 0 Å². The van der Waals surface area contributed by atoms with Crippen molar-refractivity contribution in [1.29, 1.82) is 0 Å². The van der Waals surface area contributed by atoms with E-state index in [0.717, 1.165) is 36.8 Å². The highest BCUT2D eigenvalue weighted by Gasteiger charge is 2.20. The Bertz CT molecular complexity index is 349. The molecule has 1 atom stereocenters. The zero-order valence-corrected chi connectivity index (χ0v) is 11.7. The lowest BCUT2D eigenvalue weighted by molar-refractivity contribution is 0.233. The van der Waals surface area contributed by atoms with Gasteiger partial charge in [-0.1, -0.05) is 6.92 Å². The first-order valence-electron chi connectivity index (χ1n) is 6.62. The molecule has 0 spiro atoms. The summed E-state index contributed by atoms with van der Waals surface area (Å²) in [5.41, 5.74) is 0. The summed E-state index contributed by atoms with van der Waals surface area (Å²) in [4.78, 5) is 3.69. The summed E-state index contributed by atoms with van der Waals surface area (Å²) in [6.07, 6.45) is 1.26. The predicted octanol–water partition coefficient (Wildman–Crippen LogP) is 2.60. The fourth-order valence-corrected chi connectivity index (χ4v) is 3.25. The van der Waals surface area contributed by atoms with Crippen LogP contribution in [0.2, 0.25) is 0 Å². The van der Waals surface area contributed by atoms with E-state index in [1.807, 2.05) is 12.1 Å². The number of nitrogens with zero attached hydrogens (tertiary/aromatic N) is 1. The molecule has 1 aliphatic rings. The fourth-order valence-electron chi connectivity index (χ4n) is 2.36. The van der Waals surface area contributed by atoms with Gasteiger partial charge >= 0.3 is 0 Å². The Hall–Kier alpha value is -0.580. The van der Waals surface area contributed by atoms with Crippen molar-refractivity contribution in [3.8, 4) is 0 Å². The van der Waals surface area contributed by atoms with Crippen molar-refractivity contribution in [2.24, 2.45) is 0 Å². The molecule has 1 fully saturated rings. The Morgan fingerprint density at radius 3 is 2.78 bits per heavy atom. The Morgan fingerprint density at radius 1 is 1.39 bits per heavy atom. The van der Waals surface area contributed by atoms with Gasteiger partial charge in [-0.2, -0.15) is 0 Å². The number of nitrogens with one attached hydrogen (secondary N) is 1. The summed E-state index contributed by atoms with van der Waals surface area (Å²) in [5.74, 6) is 0.905. The Labute approximate surface area is 113 Å². The van der Waals surface area contributed by atoms with Gasteiger partial charge in [-0.05, 0) is 43.8 Å². The molecule has 1 heterocycles. The van der Waals surface area contributed by atoms with Crippen LogP contribution < -0.4 is 5.32 Å². The van der Waals surface area contributed by atoms with E-state index in [2.05, 4.69) is 17.1 Å². The van der Waals surface area contributed by atoms with Crippen LogP contribution in [0, 0.1) is 5.82 Å². The maximum Gasteiger partial charge on any atom is 0.123 e. The van der Waals surface area contributed by atoms with E-state index in [4.69, 9.17) is 0 Å². The molecule has 0 aliphatic carbocycles. The Morgan fingerprint density at radius 2 is 2.17 bits per heavy atom. The van der Waals surface area contributed by atoms with Gasteiger partial charge in [-0.25, -0.2) is 4.39 Å². The third-order valence-corrected chi connectivity index (χ3v) is 4.41. The van der Waals surface area contributed by atoms with Crippen LogP contribution in [0.3, 0.4) is 0 Å². The van der Waals surface area contributed by atoms with Gasteiger partial charge in [0.05, 0.1) is 0 Å². The number of hydrogen-bond acceptors (Lipinski definition) is 3. The molecule has 1 saturated heterocycles. The molecule has 18 heavy (non-hydrogen) atoms.